The minimum atomic E-state index is -0.120. The summed E-state index contributed by atoms with van der Waals surface area (Å²) in [5.74, 6) is 0.340. The van der Waals surface area contributed by atoms with Gasteiger partial charge in [-0.3, -0.25) is 14.6 Å². The van der Waals surface area contributed by atoms with Crippen LogP contribution < -0.4 is 11.3 Å². The van der Waals surface area contributed by atoms with Crippen molar-refractivity contribution in [1.82, 2.24) is 19.9 Å². The lowest BCUT2D eigenvalue weighted by Crippen LogP contribution is -2.45. The summed E-state index contributed by atoms with van der Waals surface area (Å²) in [6.45, 7) is 3.40. The molecule has 7 nitrogen and oxygen atoms in total. The number of nitrogens with zero attached hydrogens (tertiary/aromatic N) is 2. The first-order valence-corrected chi connectivity index (χ1v) is 10.2. The zero-order valence-corrected chi connectivity index (χ0v) is 16.5. The van der Waals surface area contributed by atoms with Gasteiger partial charge in [0.25, 0.3) is 5.56 Å². The number of hydrogen-bond donors (Lipinski definition) is 3. The van der Waals surface area contributed by atoms with E-state index in [1.54, 1.807) is 0 Å². The average molecular weight is 391 g/mol. The molecule has 0 radical (unpaired) electrons. The predicted octanol–water partition coefficient (Wildman–Crippen LogP) is 2.19. The molecule has 4 N–H and O–H groups in total. The molecule has 150 valence electrons. The normalized spacial score (nSPS) is 17.8. The van der Waals surface area contributed by atoms with E-state index in [1.807, 2.05) is 30.0 Å². The van der Waals surface area contributed by atoms with Gasteiger partial charge in [-0.25, -0.2) is 4.98 Å². The number of nitrogens with two attached hydrogens (primary N) is 1. The molecule has 5 rings (SSSR count). The number of aromatic amines is 2. The summed E-state index contributed by atoms with van der Waals surface area (Å²) in [5, 5.41) is 1.12. The molecule has 1 aliphatic carbocycles. The van der Waals surface area contributed by atoms with E-state index in [2.05, 4.69) is 21.0 Å². The van der Waals surface area contributed by atoms with Gasteiger partial charge in [-0.15, -0.1) is 0 Å². The molecule has 1 aromatic carbocycles. The topological polar surface area (TPSA) is 108 Å². The number of hydrogen-bond acceptors (Lipinski definition) is 4. The summed E-state index contributed by atoms with van der Waals surface area (Å²) < 4.78 is 0. The van der Waals surface area contributed by atoms with Crippen molar-refractivity contribution < 1.29 is 4.79 Å². The first-order chi connectivity index (χ1) is 14.0. The maximum absolute atomic E-state index is 13.0. The molecule has 2 aromatic heterocycles. The number of nitrogens with one attached hydrogen (secondary N) is 2. The Balaban J connectivity index is 1.34. The number of H-pyrrole nitrogens is 2. The van der Waals surface area contributed by atoms with Gasteiger partial charge in [0.05, 0.1) is 12.1 Å². The number of amides is 1. The van der Waals surface area contributed by atoms with Crippen LogP contribution in [-0.2, 0) is 23.1 Å². The summed E-state index contributed by atoms with van der Waals surface area (Å²) in [6.07, 6.45) is 3.71. The number of likely N-dealkylation sites (tertiary alicyclic amines) is 1. The van der Waals surface area contributed by atoms with E-state index in [1.165, 1.54) is 0 Å². The fraction of sp³-hybridized carbons (Fsp3) is 0.409. The van der Waals surface area contributed by atoms with Crippen LogP contribution >= 0.6 is 0 Å². The zero-order valence-electron chi connectivity index (χ0n) is 16.5. The minimum Gasteiger partial charge on any atom is -0.369 e. The number of aryl methyl sites for hydroxylation is 1. The Morgan fingerprint density at radius 3 is 2.76 bits per heavy atom. The van der Waals surface area contributed by atoms with Crippen molar-refractivity contribution in [2.24, 2.45) is 0 Å². The second kappa shape index (κ2) is 6.47. The van der Waals surface area contributed by atoms with Crippen molar-refractivity contribution in [2.75, 3.05) is 18.8 Å². The molecule has 2 aliphatic rings. The Labute approximate surface area is 168 Å². The van der Waals surface area contributed by atoms with Crippen LogP contribution in [0.25, 0.3) is 10.9 Å². The SMILES string of the molecule is Cc1[nH]c2ccccc2c1CC(=O)N1CCC2(CCc3c2nc(N)[nH]c3=O)CC1. The van der Waals surface area contributed by atoms with Crippen LogP contribution in [0.5, 0.6) is 0 Å². The van der Waals surface area contributed by atoms with Crippen molar-refractivity contribution in [1.29, 1.82) is 0 Å². The highest BCUT2D eigenvalue weighted by atomic mass is 16.2. The molecular weight excluding hydrogens is 366 g/mol. The van der Waals surface area contributed by atoms with E-state index in [4.69, 9.17) is 5.73 Å². The van der Waals surface area contributed by atoms with Crippen LogP contribution in [0.1, 0.15) is 41.8 Å². The number of benzene rings is 1. The molecule has 7 heteroatoms. The number of nitrogen functional groups attached to an aromatic ring is 1. The van der Waals surface area contributed by atoms with Crippen molar-refractivity contribution in [2.45, 2.75) is 44.4 Å². The Bertz CT molecular complexity index is 1170. The van der Waals surface area contributed by atoms with Crippen LogP contribution in [0.2, 0.25) is 0 Å². The van der Waals surface area contributed by atoms with E-state index in [9.17, 15) is 9.59 Å². The van der Waals surface area contributed by atoms with Crippen molar-refractivity contribution in [3.63, 3.8) is 0 Å². The summed E-state index contributed by atoms with van der Waals surface area (Å²) in [4.78, 5) is 37.7. The molecule has 0 saturated carbocycles. The van der Waals surface area contributed by atoms with E-state index < -0.39 is 0 Å². The second-order valence-electron chi connectivity index (χ2n) is 8.39. The molecule has 0 bridgehead atoms. The molecule has 3 heterocycles. The number of carbonyl (C=O) groups excluding carboxylic acids is 1. The molecule has 0 atom stereocenters. The molecule has 1 spiro atoms. The number of fused-ring (bicyclic) bond motifs is 3. The van der Waals surface area contributed by atoms with Gasteiger partial charge in [0.1, 0.15) is 0 Å². The first-order valence-electron chi connectivity index (χ1n) is 10.2. The number of para-hydroxylation sites is 1. The maximum Gasteiger partial charge on any atom is 0.255 e. The van der Waals surface area contributed by atoms with Crippen molar-refractivity contribution in [3.05, 3.63) is 57.1 Å². The van der Waals surface area contributed by atoms with Gasteiger partial charge in [0.2, 0.25) is 11.9 Å². The monoisotopic (exact) mass is 391 g/mol. The van der Waals surface area contributed by atoms with Crippen molar-refractivity contribution in [3.8, 4) is 0 Å². The van der Waals surface area contributed by atoms with Gasteiger partial charge in [0.15, 0.2) is 0 Å². The van der Waals surface area contributed by atoms with E-state index in [0.717, 1.165) is 59.1 Å². The first kappa shape index (κ1) is 18.0. The Hall–Kier alpha value is -3.09. The lowest BCUT2D eigenvalue weighted by molar-refractivity contribution is -0.132. The standard InChI is InChI=1S/C22H25N5O2/c1-13-16(14-4-2-3-5-17(14)24-13)12-18(28)27-10-8-22(9-11-27)7-6-15-19(22)25-21(23)26-20(15)29/h2-5,24H,6-12H2,1H3,(H3,23,25,26,29). The third-order valence-electron chi connectivity index (χ3n) is 6.82. The van der Waals surface area contributed by atoms with E-state index in [-0.39, 0.29) is 22.8 Å². The number of rotatable bonds is 2. The summed E-state index contributed by atoms with van der Waals surface area (Å²) in [7, 11) is 0. The number of anilines is 1. The molecular formula is C22H25N5O2. The quantitative estimate of drug-likeness (QED) is 0.622. The summed E-state index contributed by atoms with van der Waals surface area (Å²) in [5.41, 5.74) is 10.4. The van der Waals surface area contributed by atoms with Gasteiger partial charge in [0, 0.05) is 40.7 Å². The maximum atomic E-state index is 13.0. The van der Waals surface area contributed by atoms with Crippen LogP contribution in [-0.4, -0.2) is 38.8 Å². The van der Waals surface area contributed by atoms with Crippen LogP contribution in [0, 0.1) is 6.92 Å². The van der Waals surface area contributed by atoms with Gasteiger partial charge >= 0.3 is 0 Å². The van der Waals surface area contributed by atoms with Crippen molar-refractivity contribution >= 4 is 22.8 Å². The molecule has 29 heavy (non-hydrogen) atoms. The zero-order chi connectivity index (χ0) is 20.2. The fourth-order valence-corrected chi connectivity index (χ4v) is 5.16. The lowest BCUT2D eigenvalue weighted by Gasteiger charge is -2.39. The molecule has 1 aliphatic heterocycles. The highest BCUT2D eigenvalue weighted by molar-refractivity contribution is 5.90. The van der Waals surface area contributed by atoms with Gasteiger partial charge in [-0.1, -0.05) is 18.2 Å². The van der Waals surface area contributed by atoms with Gasteiger partial charge in [-0.05, 0) is 44.2 Å². The molecule has 3 aromatic rings. The van der Waals surface area contributed by atoms with E-state index >= 15 is 0 Å². The Kier molecular flexibility index (Phi) is 4.01. The smallest absolute Gasteiger partial charge is 0.255 e. The number of piperidine rings is 1. The highest BCUT2D eigenvalue weighted by Gasteiger charge is 2.44. The second-order valence-corrected chi connectivity index (χ2v) is 8.39. The largest absolute Gasteiger partial charge is 0.369 e. The fourth-order valence-electron chi connectivity index (χ4n) is 5.16. The summed E-state index contributed by atoms with van der Waals surface area (Å²) >= 11 is 0. The Morgan fingerprint density at radius 1 is 1.21 bits per heavy atom. The number of carbonyl (C=O) groups is 1. The highest BCUT2D eigenvalue weighted by Crippen LogP contribution is 2.44. The van der Waals surface area contributed by atoms with Crippen LogP contribution in [0.3, 0.4) is 0 Å². The molecule has 0 unspecified atom stereocenters. The van der Waals surface area contributed by atoms with Gasteiger partial charge < -0.3 is 15.6 Å². The van der Waals surface area contributed by atoms with Crippen LogP contribution in [0.15, 0.2) is 29.1 Å². The average Bonchev–Trinajstić information content (AvgIpc) is 3.21. The lowest BCUT2D eigenvalue weighted by atomic mass is 9.76. The molecule has 1 fully saturated rings. The third kappa shape index (κ3) is 2.84. The van der Waals surface area contributed by atoms with E-state index in [0.29, 0.717) is 19.5 Å². The molecule has 1 amide bonds. The number of aromatic nitrogens is 3. The van der Waals surface area contributed by atoms with Gasteiger partial charge in [-0.2, -0.15) is 0 Å². The predicted molar refractivity (Wildman–Crippen MR) is 112 cm³/mol. The summed E-state index contributed by atoms with van der Waals surface area (Å²) in [6, 6.07) is 8.11. The minimum absolute atomic E-state index is 0.113. The van der Waals surface area contributed by atoms with Crippen LogP contribution in [0.4, 0.5) is 5.95 Å². The molecule has 1 saturated heterocycles. The Morgan fingerprint density at radius 2 is 1.97 bits per heavy atom. The third-order valence-corrected chi connectivity index (χ3v) is 6.82.